The maximum Gasteiger partial charge on any atom is 0.313 e. The number of hydrogen-bond donors (Lipinski definition) is 0. The van der Waals surface area contributed by atoms with E-state index in [-0.39, 0.29) is 28.6 Å². The highest BCUT2D eigenvalue weighted by Crippen LogP contribution is 2.26. The molecule has 3 heterocycles. The maximum atomic E-state index is 13.3. The van der Waals surface area contributed by atoms with Crippen LogP contribution in [0.2, 0.25) is 0 Å². The molecule has 0 N–H and O–H groups in total. The first-order valence-electron chi connectivity index (χ1n) is 10.4. The Morgan fingerprint density at radius 2 is 1.53 bits per heavy atom. The summed E-state index contributed by atoms with van der Waals surface area (Å²) in [4.78, 5) is 24.3. The van der Waals surface area contributed by atoms with Gasteiger partial charge in [-0.15, -0.1) is 0 Å². The zero-order valence-corrected chi connectivity index (χ0v) is 19.2. The third kappa shape index (κ3) is 4.43. The molecule has 0 atom stereocenters. The van der Waals surface area contributed by atoms with Gasteiger partial charge in [0.15, 0.2) is 0 Å². The Balaban J connectivity index is 2.11. The molecule has 0 saturated heterocycles. The average Bonchev–Trinajstić information content (AvgIpc) is 3.38. The van der Waals surface area contributed by atoms with Gasteiger partial charge in [0.25, 0.3) is 0 Å². The number of aryl methyl sites for hydroxylation is 5. The van der Waals surface area contributed by atoms with Crippen molar-refractivity contribution < 1.29 is 9.72 Å². The zero-order chi connectivity index (χ0) is 23.6. The number of hydrogen-bond acceptors (Lipinski definition) is 6. The van der Waals surface area contributed by atoms with Crippen LogP contribution in [0, 0.1) is 37.8 Å². The normalized spacial score (nSPS) is 12.1. The topological polar surface area (TPSA) is 114 Å². The standard InChI is InChI=1S/C22H27N7O3/c1-7-26-12-18(14(3)23-26)9-10-21(30)20(11-19-13-27(8-2)24-15(19)4)28-17(6)22(29(31)32)16(5)25-28/h9-13H,7-8H2,1-6H3/b10-9+,20-11-. The molecule has 0 amide bonds. The number of carbonyl (C=O) groups excluding carboxylic acids is 1. The predicted molar refractivity (Wildman–Crippen MR) is 122 cm³/mol. The molecule has 0 aromatic carbocycles. The van der Waals surface area contributed by atoms with Crippen LogP contribution in [0.3, 0.4) is 0 Å². The second-order valence-corrected chi connectivity index (χ2v) is 7.47. The molecule has 0 bridgehead atoms. The number of nitrogens with zero attached hydrogens (tertiary/aromatic N) is 7. The summed E-state index contributed by atoms with van der Waals surface area (Å²) >= 11 is 0. The Bertz CT molecular complexity index is 1240. The Morgan fingerprint density at radius 1 is 0.969 bits per heavy atom. The van der Waals surface area contributed by atoms with E-state index in [0.717, 1.165) is 29.1 Å². The SMILES string of the molecule is CCn1cc(/C=C(/C(=O)/C=C/c2cn(CC)nc2C)n2nc(C)c([N+](=O)[O-])c2C)c(C)n1. The lowest BCUT2D eigenvalue weighted by molar-refractivity contribution is -0.386. The van der Waals surface area contributed by atoms with Crippen LogP contribution >= 0.6 is 0 Å². The lowest BCUT2D eigenvalue weighted by Crippen LogP contribution is -2.10. The van der Waals surface area contributed by atoms with E-state index < -0.39 is 4.92 Å². The maximum absolute atomic E-state index is 13.3. The summed E-state index contributed by atoms with van der Waals surface area (Å²) in [7, 11) is 0. The van der Waals surface area contributed by atoms with E-state index in [9.17, 15) is 14.9 Å². The summed E-state index contributed by atoms with van der Waals surface area (Å²) in [5.41, 5.74) is 3.76. The van der Waals surface area contributed by atoms with Crippen molar-refractivity contribution in [3.05, 3.63) is 62.5 Å². The highest BCUT2D eigenvalue weighted by atomic mass is 16.6. The molecule has 0 fully saturated rings. The van der Waals surface area contributed by atoms with Crippen LogP contribution in [0.4, 0.5) is 5.69 Å². The Labute approximate surface area is 186 Å². The molecule has 0 radical (unpaired) electrons. The molecular formula is C22H27N7O3. The molecule has 3 rings (SSSR count). The Morgan fingerprint density at radius 3 is 2.03 bits per heavy atom. The first kappa shape index (κ1) is 22.9. The summed E-state index contributed by atoms with van der Waals surface area (Å²) in [6, 6.07) is 0. The highest BCUT2D eigenvalue weighted by Gasteiger charge is 2.25. The van der Waals surface area contributed by atoms with Crippen LogP contribution in [0.25, 0.3) is 17.8 Å². The van der Waals surface area contributed by atoms with Gasteiger partial charge in [0.2, 0.25) is 5.78 Å². The Hall–Kier alpha value is -3.82. The minimum absolute atomic E-state index is 0.103. The lowest BCUT2D eigenvalue weighted by Gasteiger charge is -2.06. The van der Waals surface area contributed by atoms with Crippen molar-refractivity contribution in [1.82, 2.24) is 29.3 Å². The smallest absolute Gasteiger partial charge is 0.288 e. The fourth-order valence-corrected chi connectivity index (χ4v) is 3.46. The zero-order valence-electron chi connectivity index (χ0n) is 19.2. The molecule has 0 aliphatic rings. The van der Waals surface area contributed by atoms with Gasteiger partial charge in [-0.25, -0.2) is 4.68 Å². The van der Waals surface area contributed by atoms with Crippen LogP contribution in [-0.2, 0) is 17.9 Å². The number of allylic oxidation sites excluding steroid dienone is 2. The molecular weight excluding hydrogens is 410 g/mol. The monoisotopic (exact) mass is 437 g/mol. The first-order chi connectivity index (χ1) is 15.2. The van der Waals surface area contributed by atoms with E-state index in [1.54, 1.807) is 35.4 Å². The van der Waals surface area contributed by atoms with E-state index in [4.69, 9.17) is 0 Å². The molecule has 0 aliphatic carbocycles. The van der Waals surface area contributed by atoms with Crippen molar-refractivity contribution in [2.24, 2.45) is 0 Å². The van der Waals surface area contributed by atoms with Crippen molar-refractivity contribution in [1.29, 1.82) is 0 Å². The van der Waals surface area contributed by atoms with E-state index in [2.05, 4.69) is 15.3 Å². The molecule has 10 heteroatoms. The molecule has 32 heavy (non-hydrogen) atoms. The molecule has 0 spiro atoms. The van der Waals surface area contributed by atoms with Crippen LogP contribution in [0.5, 0.6) is 0 Å². The average molecular weight is 438 g/mol. The second-order valence-electron chi connectivity index (χ2n) is 7.47. The third-order valence-corrected chi connectivity index (χ3v) is 5.24. The molecule has 3 aromatic heterocycles. The van der Waals surface area contributed by atoms with Crippen molar-refractivity contribution >= 4 is 29.3 Å². The van der Waals surface area contributed by atoms with Crippen molar-refractivity contribution in [3.63, 3.8) is 0 Å². The minimum Gasteiger partial charge on any atom is -0.288 e. The van der Waals surface area contributed by atoms with Gasteiger partial charge in [0, 0.05) is 36.6 Å². The van der Waals surface area contributed by atoms with E-state index in [1.807, 2.05) is 40.1 Å². The fourth-order valence-electron chi connectivity index (χ4n) is 3.46. The van der Waals surface area contributed by atoms with Gasteiger partial charge in [0.05, 0.1) is 16.3 Å². The molecule has 10 nitrogen and oxygen atoms in total. The second kappa shape index (κ2) is 9.13. The lowest BCUT2D eigenvalue weighted by atomic mass is 10.1. The number of carbonyl (C=O) groups is 1. The van der Waals surface area contributed by atoms with Crippen LogP contribution in [-0.4, -0.2) is 40.0 Å². The largest absolute Gasteiger partial charge is 0.313 e. The number of nitro groups is 1. The third-order valence-electron chi connectivity index (χ3n) is 5.24. The van der Waals surface area contributed by atoms with Crippen molar-refractivity contribution in [2.45, 2.75) is 54.6 Å². The van der Waals surface area contributed by atoms with Gasteiger partial charge in [-0.05, 0) is 59.8 Å². The van der Waals surface area contributed by atoms with E-state index >= 15 is 0 Å². The first-order valence-corrected chi connectivity index (χ1v) is 10.4. The summed E-state index contributed by atoms with van der Waals surface area (Å²) in [5, 5.41) is 24.6. The van der Waals surface area contributed by atoms with Gasteiger partial charge in [-0.3, -0.25) is 24.3 Å². The van der Waals surface area contributed by atoms with Gasteiger partial charge in [-0.1, -0.05) is 0 Å². The van der Waals surface area contributed by atoms with Crippen molar-refractivity contribution in [2.75, 3.05) is 0 Å². The van der Waals surface area contributed by atoms with Gasteiger partial charge < -0.3 is 0 Å². The van der Waals surface area contributed by atoms with Gasteiger partial charge >= 0.3 is 5.69 Å². The fraction of sp³-hybridized carbons (Fsp3) is 0.364. The quantitative estimate of drug-likeness (QED) is 0.301. The minimum atomic E-state index is -0.477. The summed E-state index contributed by atoms with van der Waals surface area (Å²) < 4.78 is 4.90. The summed E-state index contributed by atoms with van der Waals surface area (Å²) in [5.74, 6) is -0.335. The predicted octanol–water partition coefficient (Wildman–Crippen LogP) is 3.74. The number of rotatable bonds is 8. The van der Waals surface area contributed by atoms with Crippen molar-refractivity contribution in [3.8, 4) is 0 Å². The van der Waals surface area contributed by atoms with Crippen LogP contribution < -0.4 is 0 Å². The number of aromatic nitrogens is 6. The molecule has 168 valence electrons. The molecule has 0 unspecified atom stereocenters. The molecule has 0 saturated carbocycles. The van der Waals surface area contributed by atoms with E-state index in [1.165, 1.54) is 10.8 Å². The molecule has 3 aromatic rings. The van der Waals surface area contributed by atoms with Gasteiger partial charge in [-0.2, -0.15) is 15.3 Å². The number of ketones is 1. The van der Waals surface area contributed by atoms with E-state index in [0.29, 0.717) is 6.54 Å². The Kier molecular flexibility index (Phi) is 6.52. The van der Waals surface area contributed by atoms with Crippen LogP contribution in [0.1, 0.15) is 47.8 Å². The van der Waals surface area contributed by atoms with Gasteiger partial charge in [0.1, 0.15) is 17.1 Å². The highest BCUT2D eigenvalue weighted by molar-refractivity contribution is 6.26. The molecule has 0 aliphatic heterocycles. The summed E-state index contributed by atoms with van der Waals surface area (Å²) in [6.45, 7) is 12.2. The van der Waals surface area contributed by atoms with Crippen LogP contribution in [0.15, 0.2) is 18.5 Å². The summed E-state index contributed by atoms with van der Waals surface area (Å²) in [6.07, 6.45) is 8.52.